The molecule has 0 aliphatic carbocycles. The van der Waals surface area contributed by atoms with Crippen LogP contribution < -0.4 is 27.0 Å². The van der Waals surface area contributed by atoms with Crippen LogP contribution in [0.5, 0.6) is 0 Å². The lowest BCUT2D eigenvalue weighted by Gasteiger charge is -2.24. The van der Waals surface area contributed by atoms with Gasteiger partial charge in [-0.05, 0) is 24.0 Å². The smallest absolute Gasteiger partial charge is 0.327 e. The third kappa shape index (κ3) is 11.5. The Balaban J connectivity index is 2.99. The van der Waals surface area contributed by atoms with Gasteiger partial charge in [0.15, 0.2) is 0 Å². The molecule has 1 rings (SSSR count). The van der Waals surface area contributed by atoms with Crippen molar-refractivity contribution in [3.8, 4) is 0 Å². The van der Waals surface area contributed by atoms with Crippen molar-refractivity contribution in [2.45, 2.75) is 37.0 Å². The van der Waals surface area contributed by atoms with Gasteiger partial charge in [-0.3, -0.25) is 19.2 Å². The van der Waals surface area contributed by atoms with Crippen molar-refractivity contribution >= 4 is 66.6 Å². The Labute approximate surface area is 225 Å². The van der Waals surface area contributed by atoms with Gasteiger partial charge in [0.1, 0.15) is 18.1 Å². The number of hydrogen-bond acceptors (Lipinski definition) is 9. The van der Waals surface area contributed by atoms with Crippen LogP contribution in [0.4, 0.5) is 0 Å². The molecular formula is C22H33N5O6S3. The van der Waals surface area contributed by atoms with Crippen molar-refractivity contribution in [2.75, 3.05) is 30.1 Å². The van der Waals surface area contributed by atoms with Gasteiger partial charge in [-0.15, -0.1) is 0 Å². The Morgan fingerprint density at radius 3 is 2.08 bits per heavy atom. The number of aliphatic carboxylic acids is 1. The van der Waals surface area contributed by atoms with Crippen LogP contribution in [-0.4, -0.2) is 88.9 Å². The number of hydrogen-bond donors (Lipinski definition) is 8. The molecule has 0 aliphatic rings. The van der Waals surface area contributed by atoms with Gasteiger partial charge < -0.3 is 32.1 Å². The van der Waals surface area contributed by atoms with Gasteiger partial charge in [0, 0.05) is 17.9 Å². The predicted octanol–water partition coefficient (Wildman–Crippen LogP) is -1.18. The Kier molecular flexibility index (Phi) is 15.0. The number of nitrogens with two attached hydrogens (primary N) is 1. The molecule has 4 atom stereocenters. The number of thioether (sulfide) groups is 1. The van der Waals surface area contributed by atoms with E-state index in [2.05, 4.69) is 46.5 Å². The van der Waals surface area contributed by atoms with Crippen molar-refractivity contribution in [3.63, 3.8) is 0 Å². The quantitative estimate of drug-likeness (QED) is 0.117. The first-order valence-corrected chi connectivity index (χ1v) is 13.7. The molecule has 0 unspecified atom stereocenters. The summed E-state index contributed by atoms with van der Waals surface area (Å²) in [6.45, 7) is -0.405. The number of carboxylic acids is 1. The predicted molar refractivity (Wildman–Crippen MR) is 145 cm³/mol. The highest BCUT2D eigenvalue weighted by atomic mass is 32.2. The zero-order valence-electron chi connectivity index (χ0n) is 19.8. The molecule has 0 spiro atoms. The van der Waals surface area contributed by atoms with Crippen LogP contribution in [-0.2, 0) is 30.4 Å². The molecule has 0 aliphatic heterocycles. The number of nitrogens with one attached hydrogen (secondary N) is 4. The van der Waals surface area contributed by atoms with Crippen LogP contribution in [0.1, 0.15) is 12.0 Å². The fourth-order valence-electron chi connectivity index (χ4n) is 2.92. The zero-order chi connectivity index (χ0) is 27.1. The third-order valence-corrected chi connectivity index (χ3v) is 6.33. The fraction of sp³-hybridized carbons (Fsp3) is 0.500. The van der Waals surface area contributed by atoms with Crippen LogP contribution >= 0.6 is 37.0 Å². The number of carbonyl (C=O) groups excluding carboxylic acids is 4. The summed E-state index contributed by atoms with van der Waals surface area (Å²) in [4.78, 5) is 61.5. The molecule has 200 valence electrons. The van der Waals surface area contributed by atoms with E-state index in [0.717, 1.165) is 5.56 Å². The maximum atomic E-state index is 13.2. The van der Waals surface area contributed by atoms with Gasteiger partial charge in [0.25, 0.3) is 0 Å². The monoisotopic (exact) mass is 559 g/mol. The molecule has 0 heterocycles. The van der Waals surface area contributed by atoms with E-state index in [1.165, 1.54) is 11.8 Å². The van der Waals surface area contributed by atoms with E-state index in [1.54, 1.807) is 30.3 Å². The maximum absolute atomic E-state index is 13.2. The molecule has 0 saturated carbocycles. The molecular weight excluding hydrogens is 526 g/mol. The minimum Gasteiger partial charge on any atom is -0.480 e. The lowest BCUT2D eigenvalue weighted by Crippen LogP contribution is -2.57. The summed E-state index contributed by atoms with van der Waals surface area (Å²) in [5.74, 6) is -3.25. The Bertz CT molecular complexity index is 892. The maximum Gasteiger partial charge on any atom is 0.327 e. The highest BCUT2D eigenvalue weighted by Crippen LogP contribution is 2.07. The first kappa shape index (κ1) is 31.6. The minimum absolute atomic E-state index is 0.0991. The Morgan fingerprint density at radius 1 is 0.917 bits per heavy atom. The number of thiol groups is 2. The molecule has 0 radical (unpaired) electrons. The number of benzene rings is 1. The molecule has 14 heteroatoms. The van der Waals surface area contributed by atoms with Crippen LogP contribution in [0, 0.1) is 0 Å². The zero-order valence-corrected chi connectivity index (χ0v) is 22.4. The second-order valence-electron chi connectivity index (χ2n) is 7.74. The summed E-state index contributed by atoms with van der Waals surface area (Å²) in [5.41, 5.74) is 6.33. The SMILES string of the molecule is CSCC[C@H](NC(=O)[C@H](Cc1ccccc1)NC(=O)CNC(=O)[C@@H](N)CS)C(=O)N[C@@H](CS)C(=O)O. The van der Waals surface area contributed by atoms with E-state index in [-0.39, 0.29) is 24.3 Å². The van der Waals surface area contributed by atoms with Crippen LogP contribution in [0.2, 0.25) is 0 Å². The summed E-state index contributed by atoms with van der Waals surface area (Å²) in [5, 5.41) is 19.2. The Hall–Kier alpha value is -2.42. The van der Waals surface area contributed by atoms with Crippen molar-refractivity contribution in [2.24, 2.45) is 5.73 Å². The molecule has 0 saturated heterocycles. The van der Waals surface area contributed by atoms with Crippen molar-refractivity contribution < 1.29 is 29.1 Å². The Morgan fingerprint density at radius 2 is 1.53 bits per heavy atom. The average Bonchev–Trinajstić information content (AvgIpc) is 2.87. The number of carboxylic acid groups (broad SMARTS) is 1. The molecule has 1 aromatic rings. The topological polar surface area (TPSA) is 180 Å². The molecule has 0 fully saturated rings. The molecule has 1 aromatic carbocycles. The highest BCUT2D eigenvalue weighted by molar-refractivity contribution is 7.98. The van der Waals surface area contributed by atoms with Crippen LogP contribution in [0.3, 0.4) is 0 Å². The van der Waals surface area contributed by atoms with Crippen LogP contribution in [0.15, 0.2) is 30.3 Å². The summed E-state index contributed by atoms with van der Waals surface area (Å²) in [6.07, 6.45) is 2.19. The van der Waals surface area contributed by atoms with Crippen molar-refractivity contribution in [1.82, 2.24) is 21.3 Å². The number of rotatable bonds is 16. The summed E-state index contributed by atoms with van der Waals surface area (Å²) in [6, 6.07) is 4.72. The van der Waals surface area contributed by atoms with Gasteiger partial charge in [-0.1, -0.05) is 30.3 Å². The van der Waals surface area contributed by atoms with E-state index in [1.807, 2.05) is 6.26 Å². The first-order chi connectivity index (χ1) is 17.1. The van der Waals surface area contributed by atoms with Crippen molar-refractivity contribution in [1.29, 1.82) is 0 Å². The van der Waals surface area contributed by atoms with E-state index in [9.17, 15) is 29.1 Å². The van der Waals surface area contributed by atoms with Gasteiger partial charge in [0.05, 0.1) is 12.6 Å². The molecule has 11 nitrogen and oxygen atoms in total. The van der Waals surface area contributed by atoms with Gasteiger partial charge in [0.2, 0.25) is 23.6 Å². The van der Waals surface area contributed by atoms with E-state index >= 15 is 0 Å². The number of amides is 4. The molecule has 36 heavy (non-hydrogen) atoms. The second-order valence-corrected chi connectivity index (χ2v) is 9.46. The van der Waals surface area contributed by atoms with E-state index < -0.39 is 60.3 Å². The van der Waals surface area contributed by atoms with Crippen molar-refractivity contribution in [3.05, 3.63) is 35.9 Å². The normalized spacial score (nSPS) is 14.0. The van der Waals surface area contributed by atoms with E-state index in [0.29, 0.717) is 5.75 Å². The first-order valence-electron chi connectivity index (χ1n) is 11.0. The lowest BCUT2D eigenvalue weighted by molar-refractivity contribution is -0.141. The van der Waals surface area contributed by atoms with Gasteiger partial charge in [-0.25, -0.2) is 4.79 Å². The summed E-state index contributed by atoms with van der Waals surface area (Å²) < 4.78 is 0. The fourth-order valence-corrected chi connectivity index (χ4v) is 3.81. The minimum atomic E-state index is -1.25. The molecule has 7 N–H and O–H groups in total. The van der Waals surface area contributed by atoms with Gasteiger partial charge in [-0.2, -0.15) is 37.0 Å². The van der Waals surface area contributed by atoms with E-state index in [4.69, 9.17) is 5.73 Å². The molecule has 4 amide bonds. The average molecular weight is 560 g/mol. The van der Waals surface area contributed by atoms with Crippen LogP contribution in [0.25, 0.3) is 0 Å². The standard InChI is InChI=1S/C22H33N5O6S3/c1-36-8-7-15(20(30)27-17(12-35)22(32)33)26-21(31)16(9-13-5-3-2-4-6-13)25-18(28)10-24-19(29)14(23)11-34/h2-6,14-17,34-35H,7-12,23H2,1H3,(H,24,29)(H,25,28)(H,26,31)(H,27,30)(H,32,33)/t14-,15-,16-,17-/m0/s1. The lowest BCUT2D eigenvalue weighted by atomic mass is 10.0. The summed E-state index contributed by atoms with van der Waals surface area (Å²) >= 11 is 9.33. The van der Waals surface area contributed by atoms with Gasteiger partial charge >= 0.3 is 5.97 Å². The molecule has 0 bridgehead atoms. The number of carbonyl (C=O) groups is 5. The summed E-state index contributed by atoms with van der Waals surface area (Å²) in [7, 11) is 0. The second kappa shape index (κ2) is 17.1. The highest BCUT2D eigenvalue weighted by Gasteiger charge is 2.29. The largest absolute Gasteiger partial charge is 0.480 e. The third-order valence-electron chi connectivity index (χ3n) is 4.93. The molecule has 0 aromatic heterocycles.